The van der Waals surface area contributed by atoms with Crippen LogP contribution in [0.1, 0.15) is 11.3 Å². The number of hydrogen-bond donors (Lipinski definition) is 0. The molecular formula is C23H21N5O2. The molecule has 7 heteroatoms. The minimum absolute atomic E-state index is 0.651. The fourth-order valence-corrected chi connectivity index (χ4v) is 3.79. The van der Waals surface area contributed by atoms with Crippen LogP contribution in [0.25, 0.3) is 33.8 Å². The summed E-state index contributed by atoms with van der Waals surface area (Å²) in [4.78, 5) is 9.56. The molecule has 0 N–H and O–H groups in total. The topological polar surface area (TPSA) is 66.5 Å². The Bertz CT molecular complexity index is 1380. The molecule has 0 aliphatic rings. The zero-order valence-electron chi connectivity index (χ0n) is 17.2. The second-order valence-electron chi connectivity index (χ2n) is 7.12. The summed E-state index contributed by atoms with van der Waals surface area (Å²) in [6.07, 6.45) is 1.72. The lowest BCUT2D eigenvalue weighted by molar-refractivity contribution is 0.414. The van der Waals surface area contributed by atoms with Gasteiger partial charge in [0, 0.05) is 17.3 Å². The highest BCUT2D eigenvalue weighted by atomic mass is 16.5. The Morgan fingerprint density at radius 1 is 0.867 bits per heavy atom. The number of aromatic nitrogens is 5. The predicted molar refractivity (Wildman–Crippen MR) is 116 cm³/mol. The number of hydrogen-bond acceptors (Lipinski definition) is 5. The molecule has 0 saturated carbocycles. The van der Waals surface area contributed by atoms with Crippen molar-refractivity contribution in [2.75, 3.05) is 14.2 Å². The first-order valence-corrected chi connectivity index (χ1v) is 9.62. The maximum absolute atomic E-state index is 5.40. The number of ether oxygens (including phenoxy) is 2. The van der Waals surface area contributed by atoms with Crippen molar-refractivity contribution in [1.82, 2.24) is 24.1 Å². The van der Waals surface area contributed by atoms with Gasteiger partial charge in [0.2, 0.25) is 0 Å². The Hall–Kier alpha value is -3.87. The van der Waals surface area contributed by atoms with Crippen LogP contribution >= 0.6 is 0 Å². The van der Waals surface area contributed by atoms with Gasteiger partial charge in [0.15, 0.2) is 17.1 Å². The maximum atomic E-state index is 5.40. The van der Waals surface area contributed by atoms with E-state index in [0.29, 0.717) is 5.82 Å². The second kappa shape index (κ2) is 6.88. The monoisotopic (exact) mass is 399 g/mol. The average molecular weight is 399 g/mol. The molecule has 150 valence electrons. The highest BCUT2D eigenvalue weighted by molar-refractivity contribution is 5.95. The van der Waals surface area contributed by atoms with Crippen LogP contribution in [0.3, 0.4) is 0 Å². The van der Waals surface area contributed by atoms with Crippen molar-refractivity contribution >= 4 is 16.7 Å². The van der Waals surface area contributed by atoms with Gasteiger partial charge < -0.3 is 9.47 Å². The first kappa shape index (κ1) is 18.2. The van der Waals surface area contributed by atoms with Crippen molar-refractivity contribution in [3.05, 3.63) is 66.1 Å². The van der Waals surface area contributed by atoms with E-state index in [9.17, 15) is 0 Å². The van der Waals surface area contributed by atoms with Gasteiger partial charge in [-0.1, -0.05) is 6.07 Å². The lowest BCUT2D eigenvalue weighted by Crippen LogP contribution is -1.99. The van der Waals surface area contributed by atoms with Crippen LogP contribution in [0.4, 0.5) is 0 Å². The van der Waals surface area contributed by atoms with Crippen LogP contribution in [0.15, 0.2) is 54.9 Å². The fourth-order valence-electron chi connectivity index (χ4n) is 3.79. The van der Waals surface area contributed by atoms with Gasteiger partial charge in [-0.3, -0.25) is 4.57 Å². The number of aryl methyl sites for hydroxylation is 1. The largest absolute Gasteiger partial charge is 0.497 e. The predicted octanol–water partition coefficient (Wildman–Crippen LogP) is 4.37. The Balaban J connectivity index is 1.73. The van der Waals surface area contributed by atoms with Crippen molar-refractivity contribution in [3.63, 3.8) is 0 Å². The normalized spacial score (nSPS) is 11.3. The summed E-state index contributed by atoms with van der Waals surface area (Å²) in [5.74, 6) is 2.25. The van der Waals surface area contributed by atoms with Gasteiger partial charge in [0.05, 0.1) is 25.3 Å². The summed E-state index contributed by atoms with van der Waals surface area (Å²) in [5.41, 5.74) is 5.78. The van der Waals surface area contributed by atoms with E-state index < -0.39 is 0 Å². The smallest absolute Gasteiger partial charge is 0.182 e. The standard InChI is InChI=1S/C23H21N5O2/c1-14-15(2)28(17-6-5-7-19(12-17)30-4)22-20(14)23-25-21(26-27(23)13-24-22)16-8-10-18(29-3)11-9-16/h5-13H,1-4H3. The Morgan fingerprint density at radius 2 is 1.63 bits per heavy atom. The van der Waals surface area contributed by atoms with E-state index in [1.807, 2.05) is 48.5 Å². The van der Waals surface area contributed by atoms with Crippen molar-refractivity contribution in [3.8, 4) is 28.6 Å². The molecule has 0 fully saturated rings. The first-order valence-electron chi connectivity index (χ1n) is 9.62. The van der Waals surface area contributed by atoms with Crippen molar-refractivity contribution in [2.45, 2.75) is 13.8 Å². The molecule has 0 atom stereocenters. The van der Waals surface area contributed by atoms with Crippen LogP contribution in [-0.2, 0) is 0 Å². The molecule has 3 heterocycles. The SMILES string of the molecule is COc1ccc(-c2nc3c4c(C)c(C)n(-c5cccc(OC)c5)c4ncn3n2)cc1. The summed E-state index contributed by atoms with van der Waals surface area (Å²) in [6, 6.07) is 15.7. The van der Waals surface area contributed by atoms with E-state index >= 15 is 0 Å². The van der Waals surface area contributed by atoms with E-state index in [2.05, 4.69) is 23.5 Å². The molecule has 2 aromatic carbocycles. The van der Waals surface area contributed by atoms with Crippen molar-refractivity contribution < 1.29 is 9.47 Å². The van der Waals surface area contributed by atoms with Crippen LogP contribution in [0, 0.1) is 13.8 Å². The molecule has 0 aliphatic carbocycles. The van der Waals surface area contributed by atoms with Crippen LogP contribution in [0.2, 0.25) is 0 Å². The lowest BCUT2D eigenvalue weighted by Gasteiger charge is -2.09. The van der Waals surface area contributed by atoms with Gasteiger partial charge in [-0.25, -0.2) is 14.5 Å². The lowest BCUT2D eigenvalue weighted by atomic mass is 10.2. The number of nitrogens with zero attached hydrogens (tertiary/aromatic N) is 5. The number of rotatable bonds is 4. The molecule has 3 aromatic heterocycles. The van der Waals surface area contributed by atoms with Crippen LogP contribution < -0.4 is 9.47 Å². The van der Waals surface area contributed by atoms with Gasteiger partial charge in [-0.15, -0.1) is 5.10 Å². The maximum Gasteiger partial charge on any atom is 0.182 e. The number of fused-ring (bicyclic) bond motifs is 3. The third-order valence-corrected chi connectivity index (χ3v) is 5.49. The van der Waals surface area contributed by atoms with Gasteiger partial charge >= 0.3 is 0 Å². The molecule has 0 spiro atoms. The van der Waals surface area contributed by atoms with Crippen LogP contribution in [0.5, 0.6) is 11.5 Å². The highest BCUT2D eigenvalue weighted by Crippen LogP contribution is 2.31. The highest BCUT2D eigenvalue weighted by Gasteiger charge is 2.19. The van der Waals surface area contributed by atoms with Gasteiger partial charge in [0.25, 0.3) is 0 Å². The minimum Gasteiger partial charge on any atom is -0.497 e. The number of benzene rings is 2. The molecule has 0 aliphatic heterocycles. The molecule has 0 amide bonds. The summed E-state index contributed by atoms with van der Waals surface area (Å²) >= 11 is 0. The summed E-state index contributed by atoms with van der Waals surface area (Å²) in [5, 5.41) is 5.63. The van der Waals surface area contributed by atoms with E-state index in [1.165, 1.54) is 0 Å². The van der Waals surface area contributed by atoms with E-state index in [4.69, 9.17) is 19.4 Å². The summed E-state index contributed by atoms with van der Waals surface area (Å²) in [6.45, 7) is 4.19. The fraction of sp³-hybridized carbons (Fsp3) is 0.174. The number of methoxy groups -OCH3 is 2. The first-order chi connectivity index (χ1) is 14.6. The zero-order chi connectivity index (χ0) is 20.8. The summed E-state index contributed by atoms with van der Waals surface area (Å²) < 4.78 is 14.5. The van der Waals surface area contributed by atoms with Crippen molar-refractivity contribution in [1.29, 1.82) is 0 Å². The minimum atomic E-state index is 0.651. The Morgan fingerprint density at radius 3 is 2.37 bits per heavy atom. The summed E-state index contributed by atoms with van der Waals surface area (Å²) in [7, 11) is 3.32. The van der Waals surface area contributed by atoms with E-state index in [-0.39, 0.29) is 0 Å². The molecule has 0 radical (unpaired) electrons. The molecule has 0 bridgehead atoms. The molecule has 5 aromatic rings. The third-order valence-electron chi connectivity index (χ3n) is 5.49. The molecule has 0 saturated heterocycles. The molecule has 0 unspecified atom stereocenters. The Kier molecular flexibility index (Phi) is 4.17. The quantitative estimate of drug-likeness (QED) is 0.449. The molecule has 5 rings (SSSR count). The molecule has 7 nitrogen and oxygen atoms in total. The van der Waals surface area contributed by atoms with E-state index in [1.54, 1.807) is 25.1 Å². The van der Waals surface area contributed by atoms with Crippen molar-refractivity contribution in [2.24, 2.45) is 0 Å². The van der Waals surface area contributed by atoms with Gasteiger partial charge in [0.1, 0.15) is 17.8 Å². The van der Waals surface area contributed by atoms with Gasteiger partial charge in [-0.05, 0) is 55.8 Å². The Labute approximate surface area is 173 Å². The molecular weight excluding hydrogens is 378 g/mol. The second-order valence-corrected chi connectivity index (χ2v) is 7.12. The van der Waals surface area contributed by atoms with E-state index in [0.717, 1.165) is 50.7 Å². The third kappa shape index (κ3) is 2.70. The van der Waals surface area contributed by atoms with Crippen LogP contribution in [-0.4, -0.2) is 38.4 Å². The molecule has 30 heavy (non-hydrogen) atoms. The van der Waals surface area contributed by atoms with Gasteiger partial charge in [-0.2, -0.15) is 0 Å². The average Bonchev–Trinajstić information content (AvgIpc) is 3.33. The zero-order valence-corrected chi connectivity index (χ0v) is 17.2.